The maximum atomic E-state index is 14.6. The average Bonchev–Trinajstić information content (AvgIpc) is 3.20. The minimum Gasteiger partial charge on any atom is -0.467 e. The van der Waals surface area contributed by atoms with Crippen molar-refractivity contribution in [3.63, 3.8) is 0 Å². The second kappa shape index (κ2) is 8.59. The maximum absolute atomic E-state index is 14.6. The fraction of sp³-hybridized carbons (Fsp3) is 0.450. The minimum absolute atomic E-state index is 0.00589. The van der Waals surface area contributed by atoms with Gasteiger partial charge in [-0.15, -0.1) is 0 Å². The fourth-order valence-corrected chi connectivity index (χ4v) is 3.55. The molecule has 0 radical (unpaired) electrons. The number of carbonyl (C=O) groups excluding carboxylic acids is 2. The van der Waals surface area contributed by atoms with E-state index in [-0.39, 0.29) is 18.0 Å². The number of urea groups is 1. The minimum atomic E-state index is -0.920. The lowest BCUT2D eigenvalue weighted by Crippen LogP contribution is -2.53. The third-order valence-corrected chi connectivity index (χ3v) is 5.39. The van der Waals surface area contributed by atoms with Gasteiger partial charge < -0.3 is 19.9 Å². The normalized spacial score (nSPS) is 18.0. The van der Waals surface area contributed by atoms with Gasteiger partial charge in [0.25, 0.3) is 0 Å². The number of ether oxygens (including phenoxy) is 1. The number of benzene rings is 1. The van der Waals surface area contributed by atoms with E-state index >= 15 is 0 Å². The Bertz CT molecular complexity index is 902. The molecule has 0 unspecified atom stereocenters. The van der Waals surface area contributed by atoms with Gasteiger partial charge in [0.2, 0.25) is 0 Å². The van der Waals surface area contributed by atoms with E-state index in [2.05, 4.69) is 15.3 Å². The molecule has 156 valence electrons. The summed E-state index contributed by atoms with van der Waals surface area (Å²) >= 11 is 0. The molecule has 1 aromatic heterocycles. The van der Waals surface area contributed by atoms with Crippen LogP contribution in [0, 0.1) is 17.6 Å². The number of methoxy groups -OCH3 is 1. The van der Waals surface area contributed by atoms with E-state index in [0.29, 0.717) is 18.5 Å². The summed E-state index contributed by atoms with van der Waals surface area (Å²) in [6.45, 7) is 3.97. The molecule has 0 aliphatic carbocycles. The first kappa shape index (κ1) is 20.8. The van der Waals surface area contributed by atoms with E-state index in [1.54, 1.807) is 0 Å². The molecule has 0 saturated heterocycles. The van der Waals surface area contributed by atoms with Gasteiger partial charge in [0.15, 0.2) is 0 Å². The second-order valence-electron chi connectivity index (χ2n) is 7.11. The molecule has 1 aliphatic rings. The van der Waals surface area contributed by atoms with Gasteiger partial charge in [0.05, 0.1) is 19.1 Å². The van der Waals surface area contributed by atoms with Gasteiger partial charge in [-0.3, -0.25) is 0 Å². The number of hydrogen-bond acceptors (Lipinski definition) is 4. The van der Waals surface area contributed by atoms with E-state index in [1.807, 2.05) is 13.8 Å². The van der Waals surface area contributed by atoms with Crippen molar-refractivity contribution in [3.05, 3.63) is 53.1 Å². The molecule has 7 nitrogen and oxygen atoms in total. The summed E-state index contributed by atoms with van der Waals surface area (Å²) in [6.07, 6.45) is 2.58. The van der Waals surface area contributed by atoms with Gasteiger partial charge in [-0.1, -0.05) is 20.3 Å². The Balaban J connectivity index is 1.97. The van der Waals surface area contributed by atoms with Crippen LogP contribution in [0.15, 0.2) is 24.5 Å². The Morgan fingerprint density at radius 3 is 2.86 bits per heavy atom. The van der Waals surface area contributed by atoms with E-state index in [0.717, 1.165) is 23.9 Å². The van der Waals surface area contributed by atoms with Crippen LogP contribution in [0.3, 0.4) is 0 Å². The van der Waals surface area contributed by atoms with Crippen LogP contribution in [-0.2, 0) is 16.0 Å². The van der Waals surface area contributed by atoms with E-state index in [1.165, 1.54) is 18.3 Å². The zero-order chi connectivity index (χ0) is 21.1. The summed E-state index contributed by atoms with van der Waals surface area (Å²) in [7, 11) is 1.26. The molecule has 0 fully saturated rings. The Kier molecular flexibility index (Phi) is 6.14. The Morgan fingerprint density at radius 1 is 1.41 bits per heavy atom. The molecule has 2 N–H and O–H groups in total. The highest BCUT2D eigenvalue weighted by atomic mass is 19.1. The van der Waals surface area contributed by atoms with Crippen molar-refractivity contribution in [2.75, 3.05) is 13.7 Å². The third-order valence-electron chi connectivity index (χ3n) is 5.39. The molecule has 1 aliphatic heterocycles. The summed E-state index contributed by atoms with van der Waals surface area (Å²) in [4.78, 5) is 33.9. The highest BCUT2D eigenvalue weighted by Gasteiger charge is 2.38. The van der Waals surface area contributed by atoms with Crippen molar-refractivity contribution >= 4 is 12.0 Å². The first-order chi connectivity index (χ1) is 13.9. The number of halogens is 2. The Labute approximate surface area is 167 Å². The number of esters is 1. The predicted octanol–water partition coefficient (Wildman–Crippen LogP) is 2.93. The van der Waals surface area contributed by atoms with Crippen LogP contribution in [0.25, 0.3) is 0 Å². The molecule has 3 rings (SSSR count). The number of H-pyrrole nitrogens is 1. The second-order valence-corrected chi connectivity index (χ2v) is 7.11. The predicted molar refractivity (Wildman–Crippen MR) is 101 cm³/mol. The number of aromatic amines is 1. The lowest BCUT2D eigenvalue weighted by Gasteiger charge is -2.36. The Morgan fingerprint density at radius 2 is 2.17 bits per heavy atom. The molecule has 29 heavy (non-hydrogen) atoms. The number of carbonyl (C=O) groups is 2. The monoisotopic (exact) mass is 406 g/mol. The van der Waals surface area contributed by atoms with Gasteiger partial charge in [0, 0.05) is 24.2 Å². The smallest absolute Gasteiger partial charge is 0.328 e. The van der Waals surface area contributed by atoms with Crippen LogP contribution < -0.4 is 5.32 Å². The zero-order valence-electron chi connectivity index (χ0n) is 16.5. The number of fused-ring (bicyclic) bond motifs is 1. The standard InChI is InChI=1S/C20H24F2N4O3/c1-4-11(2)16(19(27)29-3)25-20(28)26-8-7-15-17(24-10-23-15)18(26)13-9-12(21)5-6-14(13)22/h5-6,9-11,16,18H,4,7-8H2,1-3H3,(H,23,24)(H,25,28)/t11-,16-,18+/m1/s1. The molecule has 3 atom stereocenters. The largest absolute Gasteiger partial charge is 0.467 e. The number of rotatable bonds is 5. The van der Waals surface area contributed by atoms with Crippen LogP contribution in [0.2, 0.25) is 0 Å². The number of nitrogens with zero attached hydrogens (tertiary/aromatic N) is 2. The van der Waals surface area contributed by atoms with E-state index in [9.17, 15) is 18.4 Å². The van der Waals surface area contributed by atoms with Crippen molar-refractivity contribution in [3.8, 4) is 0 Å². The maximum Gasteiger partial charge on any atom is 0.328 e. The van der Waals surface area contributed by atoms with Gasteiger partial charge in [-0.25, -0.2) is 23.4 Å². The van der Waals surface area contributed by atoms with Gasteiger partial charge in [-0.2, -0.15) is 0 Å². The molecule has 0 spiro atoms. The molecule has 2 amide bonds. The van der Waals surface area contributed by atoms with E-state index < -0.39 is 35.7 Å². The lowest BCUT2D eigenvalue weighted by atomic mass is 9.95. The summed E-state index contributed by atoms with van der Waals surface area (Å²) in [5, 5.41) is 2.70. The van der Waals surface area contributed by atoms with Crippen LogP contribution in [-0.4, -0.2) is 46.6 Å². The number of amides is 2. The zero-order valence-corrected chi connectivity index (χ0v) is 16.5. The molecule has 2 heterocycles. The fourth-order valence-electron chi connectivity index (χ4n) is 3.55. The number of hydrogen-bond donors (Lipinski definition) is 2. The quantitative estimate of drug-likeness (QED) is 0.748. The van der Waals surface area contributed by atoms with Gasteiger partial charge >= 0.3 is 12.0 Å². The molecular weight excluding hydrogens is 382 g/mol. The van der Waals surface area contributed by atoms with Crippen LogP contribution in [0.4, 0.5) is 13.6 Å². The van der Waals surface area contributed by atoms with Crippen LogP contribution in [0.1, 0.15) is 43.3 Å². The average molecular weight is 406 g/mol. The van der Waals surface area contributed by atoms with Crippen LogP contribution in [0.5, 0.6) is 0 Å². The Hall–Kier alpha value is -2.97. The molecule has 1 aromatic carbocycles. The van der Waals surface area contributed by atoms with Gasteiger partial charge in [-0.05, 0) is 24.1 Å². The van der Waals surface area contributed by atoms with Crippen molar-refractivity contribution in [1.82, 2.24) is 20.2 Å². The van der Waals surface area contributed by atoms with E-state index in [4.69, 9.17) is 4.74 Å². The molecular formula is C20H24F2N4O3. The molecule has 0 saturated carbocycles. The molecule has 2 aromatic rings. The van der Waals surface area contributed by atoms with Crippen molar-refractivity contribution in [1.29, 1.82) is 0 Å². The highest BCUT2D eigenvalue weighted by molar-refractivity contribution is 5.84. The summed E-state index contributed by atoms with van der Waals surface area (Å²) in [5.41, 5.74) is 1.22. The number of imidazole rings is 1. The van der Waals surface area contributed by atoms with Gasteiger partial charge in [0.1, 0.15) is 23.7 Å². The molecule has 0 bridgehead atoms. The highest BCUT2D eigenvalue weighted by Crippen LogP contribution is 2.35. The summed E-state index contributed by atoms with van der Waals surface area (Å²) in [5.74, 6) is -1.98. The number of nitrogens with one attached hydrogen (secondary N) is 2. The van der Waals surface area contributed by atoms with Crippen LogP contribution >= 0.6 is 0 Å². The summed E-state index contributed by atoms with van der Waals surface area (Å²) in [6, 6.07) is 0.776. The topological polar surface area (TPSA) is 87.3 Å². The van der Waals surface area contributed by atoms with Crippen molar-refractivity contribution in [2.45, 2.75) is 38.8 Å². The third kappa shape index (κ3) is 4.08. The molecule has 9 heteroatoms. The van der Waals surface area contributed by atoms with Crippen molar-refractivity contribution in [2.24, 2.45) is 5.92 Å². The number of aromatic nitrogens is 2. The first-order valence-corrected chi connectivity index (χ1v) is 9.49. The van der Waals surface area contributed by atoms with Crippen molar-refractivity contribution < 1.29 is 23.1 Å². The SMILES string of the molecule is CC[C@@H](C)[C@@H](NC(=O)N1CCc2[nH]cnc2[C@@H]1c1cc(F)ccc1F)C(=O)OC. The first-order valence-electron chi connectivity index (χ1n) is 9.49. The summed E-state index contributed by atoms with van der Waals surface area (Å²) < 4.78 is 33.3. The lowest BCUT2D eigenvalue weighted by molar-refractivity contribution is -0.144.